The molecule has 0 radical (unpaired) electrons. The number of rotatable bonds is 2. The van der Waals surface area contributed by atoms with Gasteiger partial charge in [0.05, 0.1) is 0 Å². The minimum atomic E-state index is 0.620. The van der Waals surface area contributed by atoms with Gasteiger partial charge >= 0.3 is 0 Å². The summed E-state index contributed by atoms with van der Waals surface area (Å²) in [6, 6.07) is 8.35. The summed E-state index contributed by atoms with van der Waals surface area (Å²) in [6.07, 6.45) is 3.82. The highest BCUT2D eigenvalue weighted by Gasteiger charge is 2.26. The van der Waals surface area contributed by atoms with Crippen molar-refractivity contribution in [3.8, 4) is 11.1 Å². The van der Waals surface area contributed by atoms with Crippen LogP contribution in [0.3, 0.4) is 0 Å². The average Bonchev–Trinajstić information content (AvgIpc) is 2.59. The van der Waals surface area contributed by atoms with Gasteiger partial charge in [-0.05, 0) is 30.9 Å². The number of aryl methyl sites for hydroxylation is 1. The molecule has 0 spiro atoms. The molecular formula is C14H17N3. The molecule has 1 heterocycles. The Morgan fingerprint density at radius 3 is 2.71 bits per heavy atom. The molecule has 0 aliphatic heterocycles. The average molecular weight is 227 g/mol. The number of hydrogen-bond acceptors (Lipinski definition) is 2. The third-order valence-electron chi connectivity index (χ3n) is 3.75. The zero-order valence-corrected chi connectivity index (χ0v) is 10.0. The zero-order chi connectivity index (χ0) is 11.8. The maximum atomic E-state index is 6.02. The molecule has 1 aromatic carbocycles. The van der Waals surface area contributed by atoms with Gasteiger partial charge in [-0.25, -0.2) is 0 Å². The van der Waals surface area contributed by atoms with Crippen LogP contribution in [0.2, 0.25) is 0 Å². The van der Waals surface area contributed by atoms with E-state index in [1.807, 2.05) is 0 Å². The Bertz CT molecular complexity index is 538. The van der Waals surface area contributed by atoms with Crippen LogP contribution in [0.25, 0.3) is 11.1 Å². The van der Waals surface area contributed by atoms with Gasteiger partial charge in [-0.1, -0.05) is 30.7 Å². The number of nitrogens with zero attached hydrogens (tertiary/aromatic N) is 1. The number of benzene rings is 1. The first-order valence-corrected chi connectivity index (χ1v) is 6.17. The predicted molar refractivity (Wildman–Crippen MR) is 69.8 cm³/mol. The van der Waals surface area contributed by atoms with E-state index in [1.54, 1.807) is 0 Å². The minimum Gasteiger partial charge on any atom is -0.382 e. The van der Waals surface area contributed by atoms with Gasteiger partial charge in [-0.15, -0.1) is 0 Å². The van der Waals surface area contributed by atoms with E-state index in [2.05, 4.69) is 41.4 Å². The van der Waals surface area contributed by atoms with E-state index in [0.717, 1.165) is 5.56 Å². The standard InChI is InChI=1S/C14H17N3/c1-9-5-2-3-8-11(9)12-13(10-6-4-7-10)16-17-14(12)15/h2-3,5,8,10H,4,6-7H2,1H3,(H3,15,16,17). The molecule has 3 N–H and O–H groups in total. The van der Waals surface area contributed by atoms with Crippen LogP contribution in [0.5, 0.6) is 0 Å². The molecule has 3 rings (SSSR count). The van der Waals surface area contributed by atoms with E-state index in [4.69, 9.17) is 5.73 Å². The van der Waals surface area contributed by atoms with Crippen molar-refractivity contribution in [1.82, 2.24) is 10.2 Å². The summed E-state index contributed by atoms with van der Waals surface area (Å²) < 4.78 is 0. The molecule has 1 saturated carbocycles. The number of nitrogens with one attached hydrogen (secondary N) is 1. The second-order valence-electron chi connectivity index (χ2n) is 4.84. The number of hydrogen-bond donors (Lipinski definition) is 2. The second kappa shape index (κ2) is 3.91. The third kappa shape index (κ3) is 1.62. The van der Waals surface area contributed by atoms with E-state index in [9.17, 15) is 0 Å². The molecule has 1 aliphatic rings. The van der Waals surface area contributed by atoms with Gasteiger partial charge < -0.3 is 5.73 Å². The molecule has 3 heteroatoms. The Balaban J connectivity index is 2.13. The van der Waals surface area contributed by atoms with Crippen LogP contribution in [0, 0.1) is 6.92 Å². The highest BCUT2D eigenvalue weighted by Crippen LogP contribution is 2.42. The maximum Gasteiger partial charge on any atom is 0.153 e. The van der Waals surface area contributed by atoms with Gasteiger partial charge in [-0.3, -0.25) is 5.10 Å². The Labute approximate surface area is 101 Å². The normalized spacial score (nSPS) is 15.8. The smallest absolute Gasteiger partial charge is 0.153 e. The highest BCUT2D eigenvalue weighted by atomic mass is 15.2. The first-order valence-electron chi connectivity index (χ1n) is 6.17. The minimum absolute atomic E-state index is 0.620. The number of anilines is 1. The van der Waals surface area contributed by atoms with E-state index in [-0.39, 0.29) is 0 Å². The monoisotopic (exact) mass is 227 g/mol. The lowest BCUT2D eigenvalue weighted by Gasteiger charge is -2.25. The maximum absolute atomic E-state index is 6.02. The molecule has 88 valence electrons. The van der Waals surface area contributed by atoms with Gasteiger partial charge in [0, 0.05) is 17.2 Å². The first-order chi connectivity index (χ1) is 8.27. The summed E-state index contributed by atoms with van der Waals surface area (Å²) in [6.45, 7) is 2.12. The molecule has 0 bridgehead atoms. The van der Waals surface area contributed by atoms with Crippen molar-refractivity contribution in [2.24, 2.45) is 0 Å². The quantitative estimate of drug-likeness (QED) is 0.827. The molecule has 0 unspecified atom stereocenters. The molecule has 1 aliphatic carbocycles. The van der Waals surface area contributed by atoms with E-state index >= 15 is 0 Å². The van der Waals surface area contributed by atoms with Gasteiger partial charge in [0.15, 0.2) is 5.82 Å². The fraction of sp³-hybridized carbons (Fsp3) is 0.357. The molecule has 1 fully saturated rings. The number of H-pyrrole nitrogens is 1. The topological polar surface area (TPSA) is 54.7 Å². The summed E-state index contributed by atoms with van der Waals surface area (Å²) >= 11 is 0. The van der Waals surface area contributed by atoms with Gasteiger partial charge in [0.25, 0.3) is 0 Å². The van der Waals surface area contributed by atoms with E-state index < -0.39 is 0 Å². The van der Waals surface area contributed by atoms with Crippen LogP contribution in [-0.2, 0) is 0 Å². The summed E-state index contributed by atoms with van der Waals surface area (Å²) in [5, 5.41) is 7.32. The van der Waals surface area contributed by atoms with Crippen LogP contribution in [0.15, 0.2) is 24.3 Å². The molecule has 1 aromatic heterocycles. The van der Waals surface area contributed by atoms with Crippen molar-refractivity contribution in [3.63, 3.8) is 0 Å². The zero-order valence-electron chi connectivity index (χ0n) is 10.0. The van der Waals surface area contributed by atoms with Crippen molar-refractivity contribution in [1.29, 1.82) is 0 Å². The van der Waals surface area contributed by atoms with Gasteiger partial charge in [0.2, 0.25) is 0 Å². The lowest BCUT2D eigenvalue weighted by atomic mass is 9.80. The summed E-state index contributed by atoms with van der Waals surface area (Å²) in [5.74, 6) is 1.25. The molecule has 0 amide bonds. The van der Waals surface area contributed by atoms with Crippen molar-refractivity contribution < 1.29 is 0 Å². The largest absolute Gasteiger partial charge is 0.382 e. The summed E-state index contributed by atoms with van der Waals surface area (Å²) in [7, 11) is 0. The van der Waals surface area contributed by atoms with E-state index in [0.29, 0.717) is 11.7 Å². The van der Waals surface area contributed by atoms with Gasteiger partial charge in [0.1, 0.15) is 0 Å². The Morgan fingerprint density at radius 1 is 1.29 bits per heavy atom. The fourth-order valence-corrected chi connectivity index (χ4v) is 2.50. The Hall–Kier alpha value is -1.77. The van der Waals surface area contributed by atoms with Crippen LogP contribution in [0.4, 0.5) is 5.82 Å². The molecule has 2 aromatic rings. The summed E-state index contributed by atoms with van der Waals surface area (Å²) in [5.41, 5.74) is 10.8. The molecule has 3 nitrogen and oxygen atoms in total. The van der Waals surface area contributed by atoms with Crippen LogP contribution in [-0.4, -0.2) is 10.2 Å². The number of nitrogen functional groups attached to an aromatic ring is 1. The number of aromatic nitrogens is 2. The highest BCUT2D eigenvalue weighted by molar-refractivity contribution is 5.79. The molecule has 0 atom stereocenters. The van der Waals surface area contributed by atoms with Gasteiger partial charge in [-0.2, -0.15) is 5.10 Å². The van der Waals surface area contributed by atoms with Crippen LogP contribution < -0.4 is 5.73 Å². The number of aromatic amines is 1. The van der Waals surface area contributed by atoms with Crippen LogP contribution >= 0.6 is 0 Å². The Morgan fingerprint density at radius 2 is 2.06 bits per heavy atom. The second-order valence-corrected chi connectivity index (χ2v) is 4.84. The summed E-state index contributed by atoms with van der Waals surface area (Å²) in [4.78, 5) is 0. The molecular weight excluding hydrogens is 210 g/mol. The molecule has 0 saturated heterocycles. The van der Waals surface area contributed by atoms with E-state index in [1.165, 1.54) is 36.1 Å². The lowest BCUT2D eigenvalue weighted by molar-refractivity contribution is 0.411. The van der Waals surface area contributed by atoms with Crippen molar-refractivity contribution in [3.05, 3.63) is 35.5 Å². The Kier molecular flexibility index (Phi) is 2.39. The third-order valence-corrected chi connectivity index (χ3v) is 3.75. The molecule has 17 heavy (non-hydrogen) atoms. The SMILES string of the molecule is Cc1ccccc1-c1c(N)n[nH]c1C1CCC1. The van der Waals surface area contributed by atoms with Crippen molar-refractivity contribution >= 4 is 5.82 Å². The van der Waals surface area contributed by atoms with Crippen molar-refractivity contribution in [2.75, 3.05) is 5.73 Å². The first kappa shape index (κ1) is 10.4. The predicted octanol–water partition coefficient (Wildman–Crippen LogP) is 3.23. The fourth-order valence-electron chi connectivity index (χ4n) is 2.50. The van der Waals surface area contributed by atoms with Crippen molar-refractivity contribution in [2.45, 2.75) is 32.1 Å². The van der Waals surface area contributed by atoms with Crippen LogP contribution in [0.1, 0.15) is 36.4 Å². The number of nitrogens with two attached hydrogens (primary N) is 1. The lowest BCUT2D eigenvalue weighted by Crippen LogP contribution is -2.10.